The third-order valence-corrected chi connectivity index (χ3v) is 5.34. The standard InChI is InChI=1S/C19H22N8O/c1-25-6-8-26(9-7-25)14-2-3-16(21-12-14)23-19-22-11-13-10-15-18(28)20-4-5-27(15)17(13)24-19/h2-3,10-12H,4-9H2,1H3,(H,20,28)(H,21,22,23,24). The summed E-state index contributed by atoms with van der Waals surface area (Å²) in [4.78, 5) is 30.2. The molecule has 0 aromatic carbocycles. The van der Waals surface area contributed by atoms with E-state index in [0.29, 0.717) is 30.5 Å². The largest absolute Gasteiger partial charge is 0.368 e. The molecule has 5 rings (SSSR count). The molecule has 1 amide bonds. The third-order valence-electron chi connectivity index (χ3n) is 5.34. The van der Waals surface area contributed by atoms with Gasteiger partial charge in [-0.1, -0.05) is 0 Å². The number of carbonyl (C=O) groups is 1. The van der Waals surface area contributed by atoms with Crippen LogP contribution in [0.5, 0.6) is 0 Å². The Labute approximate surface area is 162 Å². The highest BCUT2D eigenvalue weighted by Crippen LogP contribution is 2.22. The molecule has 0 atom stereocenters. The predicted molar refractivity (Wildman–Crippen MR) is 107 cm³/mol. The Morgan fingerprint density at radius 2 is 1.93 bits per heavy atom. The minimum Gasteiger partial charge on any atom is -0.368 e. The molecule has 2 aliphatic heterocycles. The van der Waals surface area contributed by atoms with Crippen LogP contribution in [0.1, 0.15) is 10.5 Å². The molecule has 0 aliphatic carbocycles. The van der Waals surface area contributed by atoms with Gasteiger partial charge >= 0.3 is 0 Å². The summed E-state index contributed by atoms with van der Waals surface area (Å²) in [6.07, 6.45) is 3.62. The van der Waals surface area contributed by atoms with Crippen molar-refractivity contribution in [2.75, 3.05) is 50.0 Å². The van der Waals surface area contributed by atoms with Gasteiger partial charge in [-0.15, -0.1) is 0 Å². The number of nitrogens with zero attached hydrogens (tertiary/aromatic N) is 6. The fourth-order valence-corrected chi connectivity index (χ4v) is 3.71. The molecular weight excluding hydrogens is 356 g/mol. The van der Waals surface area contributed by atoms with Crippen LogP contribution in [0.2, 0.25) is 0 Å². The topological polar surface area (TPSA) is 91.2 Å². The lowest BCUT2D eigenvalue weighted by Gasteiger charge is -2.33. The number of rotatable bonds is 3. The summed E-state index contributed by atoms with van der Waals surface area (Å²) in [5.41, 5.74) is 2.51. The molecule has 0 unspecified atom stereocenters. The molecule has 0 radical (unpaired) electrons. The van der Waals surface area contributed by atoms with Gasteiger partial charge < -0.3 is 25.0 Å². The number of carbonyl (C=O) groups excluding carboxylic acids is 1. The van der Waals surface area contributed by atoms with E-state index < -0.39 is 0 Å². The molecule has 0 saturated carbocycles. The van der Waals surface area contributed by atoms with Crippen LogP contribution in [-0.4, -0.2) is 70.1 Å². The Morgan fingerprint density at radius 3 is 2.71 bits per heavy atom. The van der Waals surface area contributed by atoms with Gasteiger partial charge in [0.05, 0.1) is 11.9 Å². The maximum Gasteiger partial charge on any atom is 0.268 e. The van der Waals surface area contributed by atoms with Crippen molar-refractivity contribution in [3.63, 3.8) is 0 Å². The fraction of sp³-hybridized carbons (Fsp3) is 0.368. The molecular formula is C19H22N8O. The van der Waals surface area contributed by atoms with Crippen molar-refractivity contribution >= 4 is 34.4 Å². The molecule has 0 bridgehead atoms. The number of likely N-dealkylation sites (N-methyl/N-ethyl adjacent to an activating group) is 1. The summed E-state index contributed by atoms with van der Waals surface area (Å²) in [6.45, 7) is 5.47. The molecule has 0 spiro atoms. The van der Waals surface area contributed by atoms with E-state index in [1.54, 1.807) is 6.20 Å². The molecule has 1 fully saturated rings. The van der Waals surface area contributed by atoms with Gasteiger partial charge in [0.15, 0.2) is 0 Å². The van der Waals surface area contributed by atoms with E-state index in [2.05, 4.69) is 48.5 Å². The third kappa shape index (κ3) is 3.03. The number of anilines is 3. The van der Waals surface area contributed by atoms with Gasteiger partial charge in [0.1, 0.15) is 17.2 Å². The fourth-order valence-electron chi connectivity index (χ4n) is 3.71. The summed E-state index contributed by atoms with van der Waals surface area (Å²) in [6, 6.07) is 5.85. The first-order valence-corrected chi connectivity index (χ1v) is 9.48. The van der Waals surface area contributed by atoms with Gasteiger partial charge in [0.25, 0.3) is 5.91 Å². The highest BCUT2D eigenvalue weighted by atomic mass is 16.2. The van der Waals surface area contributed by atoms with Crippen LogP contribution >= 0.6 is 0 Å². The Hall–Kier alpha value is -3.20. The minimum absolute atomic E-state index is 0.0695. The maximum atomic E-state index is 12.0. The summed E-state index contributed by atoms with van der Waals surface area (Å²) in [7, 11) is 2.15. The molecule has 3 aromatic rings. The Balaban J connectivity index is 1.36. The zero-order valence-corrected chi connectivity index (χ0v) is 15.7. The molecule has 2 N–H and O–H groups in total. The van der Waals surface area contributed by atoms with Gasteiger partial charge in [0, 0.05) is 50.9 Å². The SMILES string of the molecule is CN1CCN(c2ccc(Nc3ncc4cc5n(c4n3)CCNC5=O)nc2)CC1. The lowest BCUT2D eigenvalue weighted by Crippen LogP contribution is -2.44. The van der Waals surface area contributed by atoms with E-state index in [9.17, 15) is 4.79 Å². The maximum absolute atomic E-state index is 12.0. The van der Waals surface area contributed by atoms with E-state index in [1.165, 1.54) is 0 Å². The van der Waals surface area contributed by atoms with Crippen molar-refractivity contribution in [2.45, 2.75) is 6.54 Å². The molecule has 5 heterocycles. The lowest BCUT2D eigenvalue weighted by molar-refractivity contribution is 0.0929. The first-order valence-electron chi connectivity index (χ1n) is 9.48. The monoisotopic (exact) mass is 378 g/mol. The van der Waals surface area contributed by atoms with Gasteiger partial charge in [0.2, 0.25) is 5.95 Å². The number of hydrogen-bond donors (Lipinski definition) is 2. The number of nitrogens with one attached hydrogen (secondary N) is 2. The van der Waals surface area contributed by atoms with Crippen molar-refractivity contribution in [2.24, 2.45) is 0 Å². The van der Waals surface area contributed by atoms with Crippen LogP contribution in [-0.2, 0) is 6.54 Å². The highest BCUT2D eigenvalue weighted by molar-refractivity contribution is 5.98. The van der Waals surface area contributed by atoms with E-state index in [-0.39, 0.29) is 5.91 Å². The number of fused-ring (bicyclic) bond motifs is 3. The summed E-state index contributed by atoms with van der Waals surface area (Å²) >= 11 is 0. The van der Waals surface area contributed by atoms with Crippen molar-refractivity contribution in [3.8, 4) is 0 Å². The van der Waals surface area contributed by atoms with Crippen molar-refractivity contribution in [1.29, 1.82) is 0 Å². The first-order chi connectivity index (χ1) is 13.7. The highest BCUT2D eigenvalue weighted by Gasteiger charge is 2.21. The Kier molecular flexibility index (Phi) is 4.09. The predicted octanol–water partition coefficient (Wildman–Crippen LogP) is 1.07. The molecule has 2 aliphatic rings. The van der Waals surface area contributed by atoms with E-state index >= 15 is 0 Å². The van der Waals surface area contributed by atoms with Gasteiger partial charge in [-0.2, -0.15) is 4.98 Å². The number of hydrogen-bond acceptors (Lipinski definition) is 7. The van der Waals surface area contributed by atoms with Crippen LogP contribution < -0.4 is 15.5 Å². The zero-order chi connectivity index (χ0) is 19.1. The minimum atomic E-state index is -0.0695. The molecule has 9 nitrogen and oxygen atoms in total. The van der Waals surface area contributed by atoms with Gasteiger partial charge in [-0.3, -0.25) is 4.79 Å². The first kappa shape index (κ1) is 16.9. The smallest absolute Gasteiger partial charge is 0.268 e. The molecule has 144 valence electrons. The van der Waals surface area contributed by atoms with E-state index in [1.807, 2.05) is 22.9 Å². The van der Waals surface area contributed by atoms with Crippen molar-refractivity contribution < 1.29 is 4.79 Å². The van der Waals surface area contributed by atoms with Crippen LogP contribution in [0.4, 0.5) is 17.5 Å². The average molecular weight is 378 g/mol. The molecule has 28 heavy (non-hydrogen) atoms. The number of amides is 1. The number of piperazine rings is 1. The summed E-state index contributed by atoms with van der Waals surface area (Å²) in [5, 5.41) is 6.87. The summed E-state index contributed by atoms with van der Waals surface area (Å²) < 4.78 is 1.94. The second-order valence-electron chi connectivity index (χ2n) is 7.23. The second kappa shape index (κ2) is 6.75. The second-order valence-corrected chi connectivity index (χ2v) is 7.23. The van der Waals surface area contributed by atoms with Gasteiger partial charge in [-0.25, -0.2) is 9.97 Å². The van der Waals surface area contributed by atoms with Gasteiger partial charge in [-0.05, 0) is 25.2 Å². The van der Waals surface area contributed by atoms with E-state index in [4.69, 9.17) is 0 Å². The quantitative estimate of drug-likeness (QED) is 0.704. The Bertz CT molecular complexity index is 1020. The van der Waals surface area contributed by atoms with Crippen molar-refractivity contribution in [3.05, 3.63) is 36.3 Å². The number of aromatic nitrogens is 4. The molecule has 9 heteroatoms. The average Bonchev–Trinajstić information content (AvgIpc) is 3.09. The van der Waals surface area contributed by atoms with Crippen LogP contribution in [0.3, 0.4) is 0 Å². The zero-order valence-electron chi connectivity index (χ0n) is 15.7. The normalized spacial score (nSPS) is 17.5. The summed E-state index contributed by atoms with van der Waals surface area (Å²) in [5.74, 6) is 1.10. The van der Waals surface area contributed by atoms with Crippen LogP contribution in [0, 0.1) is 0 Å². The number of pyridine rings is 1. The lowest BCUT2D eigenvalue weighted by atomic mass is 10.3. The van der Waals surface area contributed by atoms with Crippen LogP contribution in [0.15, 0.2) is 30.6 Å². The van der Waals surface area contributed by atoms with Crippen LogP contribution in [0.25, 0.3) is 11.0 Å². The Morgan fingerprint density at radius 1 is 1.07 bits per heavy atom. The van der Waals surface area contributed by atoms with Crippen molar-refractivity contribution in [1.82, 2.24) is 29.7 Å². The van der Waals surface area contributed by atoms with E-state index in [0.717, 1.165) is 42.9 Å². The molecule has 1 saturated heterocycles. The molecule has 3 aromatic heterocycles.